The number of fused-ring (bicyclic) bond motifs is 1. The van der Waals surface area contributed by atoms with Crippen molar-refractivity contribution in [2.75, 3.05) is 11.9 Å². The lowest BCUT2D eigenvalue weighted by Gasteiger charge is -2.08. The Morgan fingerprint density at radius 2 is 2.04 bits per heavy atom. The maximum atomic E-state index is 12.1. The van der Waals surface area contributed by atoms with E-state index < -0.39 is 0 Å². The molecule has 2 aromatic heterocycles. The van der Waals surface area contributed by atoms with E-state index in [9.17, 15) is 9.59 Å². The summed E-state index contributed by atoms with van der Waals surface area (Å²) in [6.07, 6.45) is 5.80. The number of carbonyl (C=O) groups is 2. The number of carbonyl (C=O) groups excluding carboxylic acids is 2. The lowest BCUT2D eigenvalue weighted by molar-refractivity contribution is -0.118. The van der Waals surface area contributed by atoms with Crippen LogP contribution < -0.4 is 16.0 Å². The number of nitrogens with zero attached hydrogens (tertiary/aromatic N) is 2. The lowest BCUT2D eigenvalue weighted by atomic mass is 10.1. The number of hydrogen-bond donors (Lipinski definition) is 4. The molecule has 0 radical (unpaired) electrons. The second-order valence-corrected chi connectivity index (χ2v) is 6.76. The van der Waals surface area contributed by atoms with Gasteiger partial charge >= 0.3 is 6.03 Å². The minimum atomic E-state index is -0.325. The van der Waals surface area contributed by atoms with Crippen LogP contribution in [0.1, 0.15) is 18.2 Å². The van der Waals surface area contributed by atoms with Crippen LogP contribution in [0.15, 0.2) is 41.4 Å². The Labute approximate surface area is 164 Å². The first-order chi connectivity index (χ1) is 13.0. The Morgan fingerprint density at radius 3 is 2.78 bits per heavy atom. The van der Waals surface area contributed by atoms with E-state index in [-0.39, 0.29) is 18.5 Å². The van der Waals surface area contributed by atoms with Crippen LogP contribution in [0.4, 0.5) is 10.5 Å². The van der Waals surface area contributed by atoms with Crippen LogP contribution in [0, 0.1) is 0 Å². The molecular weight excluding hydrogens is 412 g/mol. The van der Waals surface area contributed by atoms with Gasteiger partial charge in [0, 0.05) is 36.3 Å². The average molecular weight is 431 g/mol. The molecule has 0 saturated heterocycles. The standard InChI is InChI=1S/C18H19BrN6O2/c1-11(26)20-5-4-12-7-22-16-3-2-13(6-15(12)16)25-18(27)24-9-14-8-23-17(19)10-21-14/h2-3,6-8,10,22H,4-5,9H2,1H3,(H,20,26)(H2,24,25,27). The highest BCUT2D eigenvalue weighted by atomic mass is 79.9. The third-order valence-corrected chi connectivity index (χ3v) is 4.31. The number of halogens is 1. The van der Waals surface area contributed by atoms with Crippen molar-refractivity contribution >= 4 is 44.5 Å². The number of benzene rings is 1. The van der Waals surface area contributed by atoms with Crippen molar-refractivity contribution in [3.63, 3.8) is 0 Å². The van der Waals surface area contributed by atoms with Crippen LogP contribution in [0.25, 0.3) is 10.9 Å². The summed E-state index contributed by atoms with van der Waals surface area (Å²) in [7, 11) is 0. The fourth-order valence-corrected chi connectivity index (χ4v) is 2.82. The quantitative estimate of drug-likeness (QED) is 0.481. The summed E-state index contributed by atoms with van der Waals surface area (Å²) in [6, 6.07) is 5.32. The van der Waals surface area contributed by atoms with Crippen LogP contribution in [0.2, 0.25) is 0 Å². The normalized spacial score (nSPS) is 10.6. The van der Waals surface area contributed by atoms with E-state index in [4.69, 9.17) is 0 Å². The fraction of sp³-hybridized carbons (Fsp3) is 0.222. The molecule has 3 amide bonds. The largest absolute Gasteiger partial charge is 0.361 e. The van der Waals surface area contributed by atoms with Gasteiger partial charge in [-0.2, -0.15) is 0 Å². The van der Waals surface area contributed by atoms with Gasteiger partial charge < -0.3 is 20.9 Å². The van der Waals surface area contributed by atoms with Crippen LogP contribution in [0.3, 0.4) is 0 Å². The van der Waals surface area contributed by atoms with Gasteiger partial charge in [0.15, 0.2) is 0 Å². The molecule has 4 N–H and O–H groups in total. The first-order valence-electron chi connectivity index (χ1n) is 8.37. The van der Waals surface area contributed by atoms with Crippen molar-refractivity contribution in [1.82, 2.24) is 25.6 Å². The summed E-state index contributed by atoms with van der Waals surface area (Å²) in [4.78, 5) is 34.6. The van der Waals surface area contributed by atoms with E-state index in [2.05, 4.69) is 46.8 Å². The minimum Gasteiger partial charge on any atom is -0.361 e. The fourth-order valence-electron chi connectivity index (χ4n) is 2.61. The highest BCUT2D eigenvalue weighted by Crippen LogP contribution is 2.22. The van der Waals surface area contributed by atoms with Crippen molar-refractivity contribution in [2.24, 2.45) is 0 Å². The molecule has 0 aliphatic rings. The molecule has 9 heteroatoms. The number of rotatable bonds is 6. The monoisotopic (exact) mass is 430 g/mol. The van der Waals surface area contributed by atoms with Crippen molar-refractivity contribution in [3.05, 3.63) is 52.7 Å². The summed E-state index contributed by atoms with van der Waals surface area (Å²) in [5, 5.41) is 9.36. The van der Waals surface area contributed by atoms with Gasteiger partial charge in [-0.25, -0.2) is 9.78 Å². The van der Waals surface area contributed by atoms with Gasteiger partial charge in [-0.15, -0.1) is 0 Å². The van der Waals surface area contributed by atoms with Gasteiger partial charge in [-0.1, -0.05) is 0 Å². The van der Waals surface area contributed by atoms with Crippen molar-refractivity contribution in [3.8, 4) is 0 Å². The van der Waals surface area contributed by atoms with Gasteiger partial charge in [0.1, 0.15) is 4.60 Å². The van der Waals surface area contributed by atoms with Gasteiger partial charge in [-0.3, -0.25) is 9.78 Å². The molecule has 0 fully saturated rings. The molecule has 0 spiro atoms. The Kier molecular flexibility index (Phi) is 6.02. The average Bonchev–Trinajstić information content (AvgIpc) is 3.03. The number of nitrogens with one attached hydrogen (secondary N) is 4. The van der Waals surface area contributed by atoms with Crippen LogP contribution in [-0.2, 0) is 17.8 Å². The number of H-pyrrole nitrogens is 1. The van der Waals surface area contributed by atoms with E-state index in [1.807, 2.05) is 24.4 Å². The molecule has 0 saturated carbocycles. The number of aromatic nitrogens is 3. The number of aromatic amines is 1. The Morgan fingerprint density at radius 1 is 1.19 bits per heavy atom. The molecular formula is C18H19BrN6O2. The maximum absolute atomic E-state index is 12.1. The zero-order chi connectivity index (χ0) is 19.2. The molecule has 0 unspecified atom stereocenters. The third kappa shape index (κ3) is 5.27. The molecule has 3 rings (SSSR count). The number of anilines is 1. The number of amides is 3. The molecule has 0 atom stereocenters. The van der Waals surface area contributed by atoms with Crippen LogP contribution >= 0.6 is 15.9 Å². The lowest BCUT2D eigenvalue weighted by Crippen LogP contribution is -2.28. The molecule has 2 heterocycles. The highest BCUT2D eigenvalue weighted by molar-refractivity contribution is 9.10. The van der Waals surface area contributed by atoms with E-state index >= 15 is 0 Å². The molecule has 0 aliphatic carbocycles. The SMILES string of the molecule is CC(=O)NCCc1c[nH]c2ccc(NC(=O)NCc3cnc(Br)cn3)cc12. The zero-order valence-electron chi connectivity index (χ0n) is 14.7. The van der Waals surface area contributed by atoms with Gasteiger partial charge in [-0.05, 0) is 46.1 Å². The summed E-state index contributed by atoms with van der Waals surface area (Å²) in [5.74, 6) is -0.0515. The molecule has 8 nitrogen and oxygen atoms in total. The first-order valence-corrected chi connectivity index (χ1v) is 9.16. The van der Waals surface area contributed by atoms with Crippen molar-refractivity contribution in [1.29, 1.82) is 0 Å². The van der Waals surface area contributed by atoms with E-state index in [0.717, 1.165) is 16.5 Å². The molecule has 0 aliphatic heterocycles. The predicted octanol–water partition coefficient (Wildman–Crippen LogP) is 2.72. The number of hydrogen-bond acceptors (Lipinski definition) is 4. The topological polar surface area (TPSA) is 112 Å². The Hall–Kier alpha value is -2.94. The summed E-state index contributed by atoms with van der Waals surface area (Å²) in [5.41, 5.74) is 3.40. The van der Waals surface area contributed by atoms with E-state index in [1.165, 1.54) is 6.92 Å². The van der Waals surface area contributed by atoms with E-state index in [0.29, 0.717) is 29.0 Å². The third-order valence-electron chi connectivity index (χ3n) is 3.90. The smallest absolute Gasteiger partial charge is 0.319 e. The maximum Gasteiger partial charge on any atom is 0.319 e. The summed E-state index contributed by atoms with van der Waals surface area (Å²) >= 11 is 3.22. The summed E-state index contributed by atoms with van der Waals surface area (Å²) in [6.45, 7) is 2.34. The van der Waals surface area contributed by atoms with Crippen LogP contribution in [0.5, 0.6) is 0 Å². The molecule has 27 heavy (non-hydrogen) atoms. The van der Waals surface area contributed by atoms with Gasteiger partial charge in [0.05, 0.1) is 24.6 Å². The second-order valence-electron chi connectivity index (χ2n) is 5.95. The number of urea groups is 1. The van der Waals surface area contributed by atoms with Crippen LogP contribution in [-0.4, -0.2) is 33.4 Å². The first kappa shape index (κ1) is 18.8. The minimum absolute atomic E-state index is 0.0515. The molecule has 0 bridgehead atoms. The Bertz CT molecular complexity index is 954. The molecule has 140 valence electrons. The van der Waals surface area contributed by atoms with Gasteiger partial charge in [0.2, 0.25) is 5.91 Å². The predicted molar refractivity (Wildman–Crippen MR) is 106 cm³/mol. The summed E-state index contributed by atoms with van der Waals surface area (Å²) < 4.78 is 0.643. The second kappa shape index (κ2) is 8.63. The molecule has 3 aromatic rings. The highest BCUT2D eigenvalue weighted by Gasteiger charge is 2.08. The molecule has 1 aromatic carbocycles. The Balaban J connectivity index is 1.61. The van der Waals surface area contributed by atoms with Gasteiger partial charge in [0.25, 0.3) is 0 Å². The van der Waals surface area contributed by atoms with E-state index in [1.54, 1.807) is 12.4 Å². The van der Waals surface area contributed by atoms with Crippen molar-refractivity contribution in [2.45, 2.75) is 19.9 Å². The van der Waals surface area contributed by atoms with Crippen molar-refractivity contribution < 1.29 is 9.59 Å². The zero-order valence-corrected chi connectivity index (χ0v) is 16.3.